The number of urea groups is 1. The molecule has 0 unspecified atom stereocenters. The molecule has 0 fully saturated rings. The molecule has 0 atom stereocenters. The minimum Gasteiger partial charge on any atom is -0.334 e. The molecule has 0 radical (unpaired) electrons. The third-order valence-corrected chi connectivity index (χ3v) is 2.64. The molecule has 0 aliphatic rings. The van der Waals surface area contributed by atoms with Crippen molar-refractivity contribution in [3.05, 3.63) is 60.2 Å². The molecule has 5 nitrogen and oxygen atoms in total. The molecular formula is C14H16N4O. The number of aromatic nitrogens is 2. The number of carbonyl (C=O) groups excluding carboxylic acids is 1. The minimum atomic E-state index is -0.130. The summed E-state index contributed by atoms with van der Waals surface area (Å²) in [5, 5.41) is 2.84. The first kappa shape index (κ1) is 13.0. The van der Waals surface area contributed by atoms with Crippen LogP contribution in [0.4, 0.5) is 4.79 Å². The topological polar surface area (TPSA) is 58.1 Å². The maximum atomic E-state index is 11.9. The summed E-state index contributed by atoms with van der Waals surface area (Å²) < 4.78 is 0. The highest BCUT2D eigenvalue weighted by atomic mass is 16.2. The van der Waals surface area contributed by atoms with Crippen molar-refractivity contribution in [1.82, 2.24) is 20.2 Å². The third-order valence-electron chi connectivity index (χ3n) is 2.64. The van der Waals surface area contributed by atoms with Crippen molar-refractivity contribution >= 4 is 6.03 Å². The largest absolute Gasteiger partial charge is 0.334 e. The van der Waals surface area contributed by atoms with Gasteiger partial charge in [0.2, 0.25) is 0 Å². The van der Waals surface area contributed by atoms with E-state index in [4.69, 9.17) is 0 Å². The first-order valence-electron chi connectivity index (χ1n) is 6.03. The van der Waals surface area contributed by atoms with E-state index in [-0.39, 0.29) is 6.03 Å². The molecule has 2 rings (SSSR count). The number of hydrogen-bond donors (Lipinski definition) is 1. The smallest absolute Gasteiger partial charge is 0.317 e. The van der Waals surface area contributed by atoms with Gasteiger partial charge in [0.25, 0.3) is 0 Å². The highest BCUT2D eigenvalue weighted by molar-refractivity contribution is 5.73. The van der Waals surface area contributed by atoms with Gasteiger partial charge in [-0.3, -0.25) is 9.97 Å². The van der Waals surface area contributed by atoms with Crippen molar-refractivity contribution in [2.45, 2.75) is 13.1 Å². The molecule has 0 aliphatic heterocycles. The number of rotatable bonds is 4. The van der Waals surface area contributed by atoms with Crippen LogP contribution in [0.5, 0.6) is 0 Å². The number of carbonyl (C=O) groups is 1. The van der Waals surface area contributed by atoms with Crippen molar-refractivity contribution in [2.75, 3.05) is 7.05 Å². The molecule has 5 heteroatoms. The average molecular weight is 256 g/mol. The Morgan fingerprint density at radius 2 is 2.16 bits per heavy atom. The maximum absolute atomic E-state index is 11.9. The summed E-state index contributed by atoms with van der Waals surface area (Å²) in [6, 6.07) is 9.29. The Hall–Kier alpha value is -2.43. The molecule has 0 aromatic carbocycles. The van der Waals surface area contributed by atoms with E-state index in [1.807, 2.05) is 30.3 Å². The second-order valence-corrected chi connectivity index (χ2v) is 4.20. The van der Waals surface area contributed by atoms with E-state index in [0.717, 1.165) is 11.3 Å². The molecule has 2 aromatic heterocycles. The first-order valence-corrected chi connectivity index (χ1v) is 6.03. The number of hydrogen-bond acceptors (Lipinski definition) is 3. The Labute approximate surface area is 112 Å². The number of nitrogens with zero attached hydrogens (tertiary/aromatic N) is 3. The highest BCUT2D eigenvalue weighted by Gasteiger charge is 2.08. The summed E-state index contributed by atoms with van der Waals surface area (Å²) in [5.41, 5.74) is 1.84. The van der Waals surface area contributed by atoms with Crippen LogP contribution in [0.3, 0.4) is 0 Å². The van der Waals surface area contributed by atoms with E-state index in [2.05, 4.69) is 15.3 Å². The van der Waals surface area contributed by atoms with Crippen LogP contribution in [0.25, 0.3) is 0 Å². The zero-order chi connectivity index (χ0) is 13.5. The Kier molecular flexibility index (Phi) is 4.44. The predicted octanol–water partition coefficient (Wildman–Crippen LogP) is 1.82. The van der Waals surface area contributed by atoms with Crippen LogP contribution in [-0.4, -0.2) is 27.9 Å². The Bertz CT molecular complexity index is 515. The minimum absolute atomic E-state index is 0.130. The van der Waals surface area contributed by atoms with Crippen LogP contribution >= 0.6 is 0 Å². The van der Waals surface area contributed by atoms with Gasteiger partial charge in [-0.05, 0) is 23.8 Å². The lowest BCUT2D eigenvalue weighted by Crippen LogP contribution is -2.36. The fourth-order valence-corrected chi connectivity index (χ4v) is 1.62. The quantitative estimate of drug-likeness (QED) is 0.907. The van der Waals surface area contributed by atoms with E-state index in [9.17, 15) is 4.79 Å². The van der Waals surface area contributed by atoms with E-state index in [0.29, 0.717) is 13.1 Å². The fraction of sp³-hybridized carbons (Fsp3) is 0.214. The molecule has 0 aliphatic carbocycles. The fourth-order valence-electron chi connectivity index (χ4n) is 1.62. The lowest BCUT2D eigenvalue weighted by molar-refractivity contribution is 0.206. The summed E-state index contributed by atoms with van der Waals surface area (Å²) in [6.07, 6.45) is 5.16. The van der Waals surface area contributed by atoms with E-state index < -0.39 is 0 Å². The van der Waals surface area contributed by atoms with Crippen LogP contribution in [-0.2, 0) is 13.1 Å². The molecule has 98 valence electrons. The van der Waals surface area contributed by atoms with Crippen LogP contribution < -0.4 is 5.32 Å². The second kappa shape index (κ2) is 6.49. The van der Waals surface area contributed by atoms with Gasteiger partial charge in [0, 0.05) is 32.2 Å². The van der Waals surface area contributed by atoms with Gasteiger partial charge in [0.1, 0.15) is 0 Å². The molecule has 0 bridgehead atoms. The Morgan fingerprint density at radius 3 is 2.84 bits per heavy atom. The summed E-state index contributed by atoms with van der Waals surface area (Å²) >= 11 is 0. The molecule has 0 saturated carbocycles. The van der Waals surface area contributed by atoms with E-state index >= 15 is 0 Å². The normalized spacial score (nSPS) is 9.95. The maximum Gasteiger partial charge on any atom is 0.317 e. The molecule has 2 heterocycles. The number of nitrogens with one attached hydrogen (secondary N) is 1. The zero-order valence-corrected chi connectivity index (χ0v) is 10.8. The molecule has 1 N–H and O–H groups in total. The molecule has 2 aromatic rings. The van der Waals surface area contributed by atoms with Crippen LogP contribution in [0.2, 0.25) is 0 Å². The van der Waals surface area contributed by atoms with Crippen molar-refractivity contribution in [3.8, 4) is 0 Å². The van der Waals surface area contributed by atoms with Gasteiger partial charge in [-0.15, -0.1) is 0 Å². The van der Waals surface area contributed by atoms with Gasteiger partial charge in [0.05, 0.1) is 12.2 Å². The molecule has 0 saturated heterocycles. The standard InChI is InChI=1S/C14H16N4O/c1-18(11-13-6-2-3-8-16-13)14(19)17-10-12-5-4-7-15-9-12/h2-9H,10-11H2,1H3,(H,17,19). The Balaban J connectivity index is 1.83. The lowest BCUT2D eigenvalue weighted by atomic mass is 10.3. The summed E-state index contributed by atoms with van der Waals surface area (Å²) in [4.78, 5) is 21.7. The Morgan fingerprint density at radius 1 is 1.26 bits per heavy atom. The number of amides is 2. The van der Waals surface area contributed by atoms with Crippen LogP contribution in [0.15, 0.2) is 48.9 Å². The predicted molar refractivity (Wildman–Crippen MR) is 72.2 cm³/mol. The lowest BCUT2D eigenvalue weighted by Gasteiger charge is -2.17. The van der Waals surface area contributed by atoms with Gasteiger partial charge in [-0.2, -0.15) is 0 Å². The monoisotopic (exact) mass is 256 g/mol. The van der Waals surface area contributed by atoms with Crippen molar-refractivity contribution in [3.63, 3.8) is 0 Å². The van der Waals surface area contributed by atoms with E-state index in [1.165, 1.54) is 0 Å². The van der Waals surface area contributed by atoms with Gasteiger partial charge in [-0.1, -0.05) is 12.1 Å². The van der Waals surface area contributed by atoms with Gasteiger partial charge in [-0.25, -0.2) is 4.79 Å². The summed E-state index contributed by atoms with van der Waals surface area (Å²) in [6.45, 7) is 0.957. The van der Waals surface area contributed by atoms with Crippen molar-refractivity contribution in [1.29, 1.82) is 0 Å². The van der Waals surface area contributed by atoms with Crippen LogP contribution in [0, 0.1) is 0 Å². The second-order valence-electron chi connectivity index (χ2n) is 4.20. The summed E-state index contributed by atoms with van der Waals surface area (Å²) in [5.74, 6) is 0. The molecule has 0 spiro atoms. The van der Waals surface area contributed by atoms with Gasteiger partial charge in [0.15, 0.2) is 0 Å². The third kappa shape index (κ3) is 4.06. The SMILES string of the molecule is CN(Cc1ccccn1)C(=O)NCc1cccnc1. The molecule has 19 heavy (non-hydrogen) atoms. The number of pyridine rings is 2. The van der Waals surface area contributed by atoms with Crippen LogP contribution in [0.1, 0.15) is 11.3 Å². The highest BCUT2D eigenvalue weighted by Crippen LogP contribution is 2.00. The van der Waals surface area contributed by atoms with Gasteiger partial charge < -0.3 is 10.2 Å². The average Bonchev–Trinajstić information content (AvgIpc) is 2.47. The summed E-state index contributed by atoms with van der Waals surface area (Å²) in [7, 11) is 1.74. The van der Waals surface area contributed by atoms with Crippen molar-refractivity contribution < 1.29 is 4.79 Å². The molecular weight excluding hydrogens is 240 g/mol. The van der Waals surface area contributed by atoms with Gasteiger partial charge >= 0.3 is 6.03 Å². The molecule has 2 amide bonds. The van der Waals surface area contributed by atoms with Crippen molar-refractivity contribution in [2.24, 2.45) is 0 Å². The first-order chi connectivity index (χ1) is 9.25. The zero-order valence-electron chi connectivity index (χ0n) is 10.8. The van der Waals surface area contributed by atoms with E-state index in [1.54, 1.807) is 30.5 Å².